The van der Waals surface area contributed by atoms with E-state index in [2.05, 4.69) is 38.4 Å². The number of aryl methyl sites for hydroxylation is 2. The predicted octanol–water partition coefficient (Wildman–Crippen LogP) is 4.17. The van der Waals surface area contributed by atoms with Crippen molar-refractivity contribution in [2.45, 2.75) is 25.7 Å². The Kier molecular flexibility index (Phi) is 5.46. The van der Waals surface area contributed by atoms with Gasteiger partial charge in [0.1, 0.15) is 5.82 Å². The van der Waals surface area contributed by atoms with Crippen LogP contribution in [0.5, 0.6) is 0 Å². The molecule has 2 aliphatic rings. The Labute approximate surface area is 179 Å². The monoisotopic (exact) mass is 420 g/mol. The summed E-state index contributed by atoms with van der Waals surface area (Å²) < 4.78 is 5.37. The SMILES string of the molecule is O=C(Nc1nc(-c2ccc3c(c2)CCCC3)cs1)c1ccc(N2CCOCC2)nc1. The molecule has 154 valence electrons. The van der Waals surface area contributed by atoms with E-state index in [0.29, 0.717) is 23.9 Å². The molecule has 0 atom stereocenters. The summed E-state index contributed by atoms with van der Waals surface area (Å²) >= 11 is 1.45. The minimum absolute atomic E-state index is 0.192. The van der Waals surface area contributed by atoms with Gasteiger partial charge >= 0.3 is 0 Å². The predicted molar refractivity (Wildman–Crippen MR) is 119 cm³/mol. The number of benzene rings is 1. The first-order valence-corrected chi connectivity index (χ1v) is 11.3. The number of fused-ring (bicyclic) bond motifs is 1. The lowest BCUT2D eigenvalue weighted by Gasteiger charge is -2.27. The number of carbonyl (C=O) groups excluding carboxylic acids is 1. The van der Waals surface area contributed by atoms with Crippen LogP contribution in [0.1, 0.15) is 34.3 Å². The normalized spacial score (nSPS) is 16.2. The van der Waals surface area contributed by atoms with Gasteiger partial charge in [0, 0.05) is 30.2 Å². The van der Waals surface area contributed by atoms with Gasteiger partial charge in [0.05, 0.1) is 24.5 Å². The molecule has 30 heavy (non-hydrogen) atoms. The van der Waals surface area contributed by atoms with Crippen molar-refractivity contribution in [1.29, 1.82) is 0 Å². The first kappa shape index (κ1) is 19.2. The van der Waals surface area contributed by atoms with E-state index in [9.17, 15) is 4.79 Å². The smallest absolute Gasteiger partial charge is 0.259 e. The van der Waals surface area contributed by atoms with Crippen LogP contribution in [0.15, 0.2) is 41.9 Å². The number of aromatic nitrogens is 2. The van der Waals surface area contributed by atoms with Crippen molar-refractivity contribution in [1.82, 2.24) is 9.97 Å². The average molecular weight is 421 g/mol. The number of nitrogens with zero attached hydrogens (tertiary/aromatic N) is 3. The lowest BCUT2D eigenvalue weighted by molar-refractivity contribution is 0.102. The molecular weight excluding hydrogens is 396 g/mol. The van der Waals surface area contributed by atoms with Crippen LogP contribution in [-0.4, -0.2) is 42.2 Å². The van der Waals surface area contributed by atoms with Crippen molar-refractivity contribution >= 4 is 28.2 Å². The number of pyridine rings is 1. The molecule has 1 amide bonds. The maximum Gasteiger partial charge on any atom is 0.259 e. The van der Waals surface area contributed by atoms with Gasteiger partial charge in [0.15, 0.2) is 5.13 Å². The average Bonchev–Trinajstić information content (AvgIpc) is 3.28. The molecule has 5 rings (SSSR count). The molecule has 1 N–H and O–H groups in total. The van der Waals surface area contributed by atoms with Gasteiger partial charge in [0.2, 0.25) is 0 Å². The van der Waals surface area contributed by atoms with Crippen molar-refractivity contribution < 1.29 is 9.53 Å². The molecule has 1 saturated heterocycles. The van der Waals surface area contributed by atoms with Crippen molar-refractivity contribution in [2.75, 3.05) is 36.5 Å². The second kappa shape index (κ2) is 8.53. The summed E-state index contributed by atoms with van der Waals surface area (Å²) in [7, 11) is 0. The molecule has 2 aromatic heterocycles. The lowest BCUT2D eigenvalue weighted by atomic mass is 9.90. The summed E-state index contributed by atoms with van der Waals surface area (Å²) in [6, 6.07) is 10.3. The van der Waals surface area contributed by atoms with E-state index < -0.39 is 0 Å². The van der Waals surface area contributed by atoms with Crippen molar-refractivity contribution in [3.63, 3.8) is 0 Å². The third-order valence-corrected chi connectivity index (χ3v) is 6.47. The molecule has 7 heteroatoms. The Hall–Kier alpha value is -2.77. The first-order chi connectivity index (χ1) is 14.8. The van der Waals surface area contributed by atoms with Crippen LogP contribution in [0.25, 0.3) is 11.3 Å². The summed E-state index contributed by atoms with van der Waals surface area (Å²) in [6.07, 6.45) is 6.48. The topological polar surface area (TPSA) is 67.4 Å². The van der Waals surface area contributed by atoms with E-state index in [1.807, 2.05) is 17.5 Å². The number of rotatable bonds is 4. The zero-order chi connectivity index (χ0) is 20.3. The van der Waals surface area contributed by atoms with E-state index in [0.717, 1.165) is 36.6 Å². The quantitative estimate of drug-likeness (QED) is 0.686. The highest BCUT2D eigenvalue weighted by molar-refractivity contribution is 7.14. The molecule has 0 saturated carbocycles. The standard InChI is InChI=1S/C23H24N4O2S/c28-22(19-7-8-21(24-14-19)27-9-11-29-12-10-27)26-23-25-20(15-30-23)18-6-5-16-3-1-2-4-17(16)13-18/h5-8,13-15H,1-4,9-12H2,(H,25,26,28). The Morgan fingerprint density at radius 1 is 1.07 bits per heavy atom. The van der Waals surface area contributed by atoms with Crippen LogP contribution >= 0.6 is 11.3 Å². The van der Waals surface area contributed by atoms with E-state index >= 15 is 0 Å². The fourth-order valence-electron chi connectivity index (χ4n) is 4.03. The summed E-state index contributed by atoms with van der Waals surface area (Å²) in [4.78, 5) is 23.9. The number of ether oxygens (including phenoxy) is 1. The highest BCUT2D eigenvalue weighted by atomic mass is 32.1. The third-order valence-electron chi connectivity index (χ3n) is 5.71. The molecule has 3 heterocycles. The Balaban J connectivity index is 1.26. The van der Waals surface area contributed by atoms with Crippen LogP contribution in [0.2, 0.25) is 0 Å². The maximum atomic E-state index is 12.6. The van der Waals surface area contributed by atoms with Gasteiger partial charge in [-0.25, -0.2) is 9.97 Å². The molecule has 0 unspecified atom stereocenters. The van der Waals surface area contributed by atoms with Crippen molar-refractivity contribution in [2.24, 2.45) is 0 Å². The summed E-state index contributed by atoms with van der Waals surface area (Å²) in [5.41, 5.74) is 5.44. The highest BCUT2D eigenvalue weighted by Gasteiger charge is 2.15. The van der Waals surface area contributed by atoms with Crippen LogP contribution in [0.4, 0.5) is 10.9 Å². The summed E-state index contributed by atoms with van der Waals surface area (Å²) in [6.45, 7) is 3.06. The van der Waals surface area contributed by atoms with Gasteiger partial charge in [-0.2, -0.15) is 0 Å². The lowest BCUT2D eigenvalue weighted by Crippen LogP contribution is -2.36. The number of morpholine rings is 1. The number of amides is 1. The molecule has 1 aromatic carbocycles. The van der Waals surface area contributed by atoms with Crippen molar-refractivity contribution in [3.8, 4) is 11.3 Å². The number of hydrogen-bond donors (Lipinski definition) is 1. The third kappa shape index (κ3) is 4.08. The fraction of sp³-hybridized carbons (Fsp3) is 0.348. The number of thiazole rings is 1. The van der Waals surface area contributed by atoms with Crippen LogP contribution in [-0.2, 0) is 17.6 Å². The van der Waals surface area contributed by atoms with E-state index in [4.69, 9.17) is 4.74 Å². The number of carbonyl (C=O) groups is 1. The maximum absolute atomic E-state index is 12.6. The minimum atomic E-state index is -0.192. The van der Waals surface area contributed by atoms with Crippen molar-refractivity contribution in [3.05, 3.63) is 58.6 Å². The van der Waals surface area contributed by atoms with E-state index in [1.54, 1.807) is 6.20 Å². The Morgan fingerprint density at radius 3 is 2.70 bits per heavy atom. The van der Waals surface area contributed by atoms with Crippen LogP contribution in [0.3, 0.4) is 0 Å². The molecule has 6 nitrogen and oxygen atoms in total. The summed E-state index contributed by atoms with van der Waals surface area (Å²) in [5, 5.41) is 5.51. The minimum Gasteiger partial charge on any atom is -0.378 e. The second-order valence-corrected chi connectivity index (χ2v) is 8.55. The Bertz CT molecular complexity index is 1040. The second-order valence-electron chi connectivity index (χ2n) is 7.69. The first-order valence-electron chi connectivity index (χ1n) is 10.4. The van der Waals surface area contributed by atoms with E-state index in [1.165, 1.54) is 41.7 Å². The molecule has 0 spiro atoms. The molecule has 1 aliphatic heterocycles. The van der Waals surface area contributed by atoms with Gasteiger partial charge in [-0.3, -0.25) is 10.1 Å². The number of anilines is 2. The molecule has 3 aromatic rings. The molecule has 0 bridgehead atoms. The van der Waals surface area contributed by atoms with Gasteiger partial charge in [-0.15, -0.1) is 11.3 Å². The van der Waals surface area contributed by atoms with Gasteiger partial charge in [0.25, 0.3) is 5.91 Å². The molecule has 0 radical (unpaired) electrons. The van der Waals surface area contributed by atoms with Gasteiger partial charge in [-0.1, -0.05) is 12.1 Å². The molecular formula is C23H24N4O2S. The van der Waals surface area contributed by atoms with E-state index in [-0.39, 0.29) is 5.91 Å². The Morgan fingerprint density at radius 2 is 1.90 bits per heavy atom. The zero-order valence-electron chi connectivity index (χ0n) is 16.8. The van der Waals surface area contributed by atoms with Crippen LogP contribution < -0.4 is 10.2 Å². The van der Waals surface area contributed by atoms with Gasteiger partial charge < -0.3 is 9.64 Å². The zero-order valence-corrected chi connectivity index (χ0v) is 17.6. The van der Waals surface area contributed by atoms with Crippen LogP contribution in [0, 0.1) is 0 Å². The summed E-state index contributed by atoms with van der Waals surface area (Å²) in [5.74, 6) is 0.682. The fourth-order valence-corrected chi connectivity index (χ4v) is 4.74. The largest absolute Gasteiger partial charge is 0.378 e. The molecule has 1 fully saturated rings. The molecule has 1 aliphatic carbocycles. The number of nitrogens with one attached hydrogen (secondary N) is 1. The van der Waals surface area contributed by atoms with Gasteiger partial charge in [-0.05, 0) is 55.0 Å². The number of hydrogen-bond acceptors (Lipinski definition) is 6. The highest BCUT2D eigenvalue weighted by Crippen LogP contribution is 2.29.